The first-order valence-corrected chi connectivity index (χ1v) is 6.62. The number of primary amides is 1. The summed E-state index contributed by atoms with van der Waals surface area (Å²) < 4.78 is 0. The maximum absolute atomic E-state index is 11.3. The van der Waals surface area contributed by atoms with E-state index in [-0.39, 0.29) is 5.91 Å². The molecule has 16 heavy (non-hydrogen) atoms. The van der Waals surface area contributed by atoms with Crippen molar-refractivity contribution in [1.82, 2.24) is 0 Å². The number of hydrogen-bond acceptors (Lipinski definition) is 3. The van der Waals surface area contributed by atoms with Crippen LogP contribution in [0.1, 0.15) is 46.3 Å². The van der Waals surface area contributed by atoms with Crippen LogP contribution in [0.15, 0.2) is 6.07 Å². The maximum Gasteiger partial charge on any atom is 0.259 e. The molecule has 0 radical (unpaired) electrons. The third-order valence-electron chi connectivity index (χ3n) is 2.51. The van der Waals surface area contributed by atoms with Crippen LogP contribution in [0.25, 0.3) is 0 Å². The minimum absolute atomic E-state index is 0.296. The Hall–Kier alpha value is -0.870. The zero-order valence-electron chi connectivity index (χ0n) is 9.79. The lowest BCUT2D eigenvalue weighted by atomic mass is 10.1. The molecule has 0 spiro atoms. The van der Waals surface area contributed by atoms with Gasteiger partial charge in [0.05, 0.1) is 4.88 Å². The third-order valence-corrected chi connectivity index (χ3v) is 3.76. The minimum Gasteiger partial charge on any atom is -0.365 e. The fourth-order valence-corrected chi connectivity index (χ4v) is 2.75. The van der Waals surface area contributed by atoms with E-state index in [1.165, 1.54) is 16.2 Å². The van der Waals surface area contributed by atoms with Gasteiger partial charge in [-0.05, 0) is 43.9 Å². The van der Waals surface area contributed by atoms with Gasteiger partial charge < -0.3 is 11.5 Å². The lowest BCUT2D eigenvalue weighted by molar-refractivity contribution is 0.100. The van der Waals surface area contributed by atoms with Crippen LogP contribution in [0, 0.1) is 0 Å². The number of thiophene rings is 1. The standard InChI is InChI=1S/C12H20N2OS/c1-2-3-5-9-8-10(6-4-7-13)16-11(9)12(14)15/h8H,2-7,13H2,1H3,(H2,14,15). The molecule has 1 rings (SSSR count). The number of unbranched alkanes of at least 4 members (excludes halogenated alkanes) is 1. The minimum atomic E-state index is -0.296. The van der Waals surface area contributed by atoms with Gasteiger partial charge >= 0.3 is 0 Å². The molecule has 1 aromatic rings. The molecule has 3 nitrogen and oxygen atoms in total. The summed E-state index contributed by atoms with van der Waals surface area (Å²) in [6, 6.07) is 2.12. The molecule has 0 saturated carbocycles. The Morgan fingerprint density at radius 1 is 1.38 bits per heavy atom. The van der Waals surface area contributed by atoms with Crippen LogP contribution in [0.2, 0.25) is 0 Å². The van der Waals surface area contributed by atoms with Gasteiger partial charge in [-0.2, -0.15) is 0 Å². The fraction of sp³-hybridized carbons (Fsp3) is 0.583. The zero-order valence-corrected chi connectivity index (χ0v) is 10.6. The van der Waals surface area contributed by atoms with Crippen molar-refractivity contribution in [1.29, 1.82) is 0 Å². The van der Waals surface area contributed by atoms with Crippen molar-refractivity contribution >= 4 is 17.2 Å². The molecule has 0 bridgehead atoms. The van der Waals surface area contributed by atoms with Crippen molar-refractivity contribution in [3.63, 3.8) is 0 Å². The number of amides is 1. The van der Waals surface area contributed by atoms with Gasteiger partial charge in [0, 0.05) is 4.88 Å². The molecule has 90 valence electrons. The van der Waals surface area contributed by atoms with Crippen LogP contribution in [0.4, 0.5) is 0 Å². The molecule has 1 aromatic heterocycles. The van der Waals surface area contributed by atoms with Crippen LogP contribution < -0.4 is 11.5 Å². The van der Waals surface area contributed by atoms with Gasteiger partial charge in [-0.3, -0.25) is 4.79 Å². The summed E-state index contributed by atoms with van der Waals surface area (Å²) in [5.41, 5.74) is 12.0. The highest BCUT2D eigenvalue weighted by atomic mass is 32.1. The van der Waals surface area contributed by atoms with Crippen LogP contribution in [0.5, 0.6) is 0 Å². The molecule has 1 amide bonds. The summed E-state index contributed by atoms with van der Waals surface area (Å²) in [5, 5.41) is 0. The van der Waals surface area contributed by atoms with Gasteiger partial charge in [-0.1, -0.05) is 13.3 Å². The Morgan fingerprint density at radius 2 is 2.12 bits per heavy atom. The third kappa shape index (κ3) is 3.61. The van der Waals surface area contributed by atoms with Crippen molar-refractivity contribution in [2.75, 3.05) is 6.54 Å². The van der Waals surface area contributed by atoms with Gasteiger partial charge in [-0.25, -0.2) is 0 Å². The van der Waals surface area contributed by atoms with E-state index in [4.69, 9.17) is 11.5 Å². The first-order chi connectivity index (χ1) is 7.69. The lowest BCUT2D eigenvalue weighted by Crippen LogP contribution is -2.10. The summed E-state index contributed by atoms with van der Waals surface area (Å²) in [7, 11) is 0. The topological polar surface area (TPSA) is 69.1 Å². The Morgan fingerprint density at radius 3 is 2.69 bits per heavy atom. The summed E-state index contributed by atoms with van der Waals surface area (Å²) in [6.45, 7) is 2.83. The molecule has 0 aliphatic heterocycles. The van der Waals surface area contributed by atoms with Gasteiger partial charge in [0.15, 0.2) is 0 Å². The second kappa shape index (κ2) is 6.66. The van der Waals surface area contributed by atoms with Gasteiger partial charge in [0.25, 0.3) is 5.91 Å². The highest BCUT2D eigenvalue weighted by Crippen LogP contribution is 2.24. The second-order valence-electron chi connectivity index (χ2n) is 3.93. The summed E-state index contributed by atoms with van der Waals surface area (Å²) in [6.07, 6.45) is 5.10. The Labute approximate surface area is 101 Å². The molecule has 4 heteroatoms. The van der Waals surface area contributed by atoms with E-state index in [2.05, 4.69) is 13.0 Å². The number of carbonyl (C=O) groups excluding carboxylic acids is 1. The van der Waals surface area contributed by atoms with Crippen molar-refractivity contribution in [2.24, 2.45) is 11.5 Å². The van der Waals surface area contributed by atoms with E-state index in [1.807, 2.05) is 0 Å². The molecule has 0 fully saturated rings. The van der Waals surface area contributed by atoms with Crippen LogP contribution >= 0.6 is 11.3 Å². The molecule has 0 aliphatic carbocycles. The van der Waals surface area contributed by atoms with E-state index < -0.39 is 0 Å². The number of hydrogen-bond donors (Lipinski definition) is 2. The molecule has 0 atom stereocenters. The Balaban J connectivity index is 2.78. The number of rotatable bonds is 7. The second-order valence-corrected chi connectivity index (χ2v) is 5.06. The van der Waals surface area contributed by atoms with E-state index in [0.717, 1.165) is 42.5 Å². The number of aryl methyl sites for hydroxylation is 2. The average Bonchev–Trinajstić information content (AvgIpc) is 2.67. The summed E-state index contributed by atoms with van der Waals surface area (Å²) in [4.78, 5) is 13.2. The van der Waals surface area contributed by atoms with Crippen molar-refractivity contribution in [3.8, 4) is 0 Å². The number of carbonyl (C=O) groups is 1. The predicted molar refractivity (Wildman–Crippen MR) is 68.8 cm³/mol. The smallest absolute Gasteiger partial charge is 0.259 e. The molecular formula is C12H20N2OS. The van der Waals surface area contributed by atoms with Crippen molar-refractivity contribution in [2.45, 2.75) is 39.0 Å². The predicted octanol–water partition coefficient (Wildman–Crippen LogP) is 2.08. The largest absolute Gasteiger partial charge is 0.365 e. The zero-order chi connectivity index (χ0) is 12.0. The molecule has 4 N–H and O–H groups in total. The molecule has 1 heterocycles. The molecule has 0 saturated heterocycles. The van der Waals surface area contributed by atoms with Crippen LogP contribution in [0.3, 0.4) is 0 Å². The summed E-state index contributed by atoms with van der Waals surface area (Å²) >= 11 is 1.53. The maximum atomic E-state index is 11.3. The normalized spacial score (nSPS) is 10.6. The monoisotopic (exact) mass is 240 g/mol. The highest BCUT2D eigenvalue weighted by Gasteiger charge is 2.12. The average molecular weight is 240 g/mol. The van der Waals surface area contributed by atoms with E-state index in [0.29, 0.717) is 6.54 Å². The fourth-order valence-electron chi connectivity index (χ4n) is 1.65. The molecule has 0 aliphatic rings. The SMILES string of the molecule is CCCCc1cc(CCCN)sc1C(N)=O. The number of nitrogens with two attached hydrogens (primary N) is 2. The van der Waals surface area contributed by atoms with Crippen LogP contribution in [-0.4, -0.2) is 12.5 Å². The molecular weight excluding hydrogens is 220 g/mol. The Kier molecular flexibility index (Phi) is 5.49. The van der Waals surface area contributed by atoms with Crippen molar-refractivity contribution < 1.29 is 4.79 Å². The van der Waals surface area contributed by atoms with Gasteiger partial charge in [0.1, 0.15) is 0 Å². The first kappa shape index (κ1) is 13.2. The molecule has 0 unspecified atom stereocenters. The van der Waals surface area contributed by atoms with E-state index >= 15 is 0 Å². The summed E-state index contributed by atoms with van der Waals surface area (Å²) in [5.74, 6) is -0.296. The highest BCUT2D eigenvalue weighted by molar-refractivity contribution is 7.14. The van der Waals surface area contributed by atoms with Gasteiger partial charge in [-0.15, -0.1) is 11.3 Å². The first-order valence-electron chi connectivity index (χ1n) is 5.80. The quantitative estimate of drug-likeness (QED) is 0.766. The van der Waals surface area contributed by atoms with E-state index in [1.54, 1.807) is 0 Å². The van der Waals surface area contributed by atoms with Crippen molar-refractivity contribution in [3.05, 3.63) is 21.4 Å². The lowest BCUT2D eigenvalue weighted by Gasteiger charge is -1.97. The van der Waals surface area contributed by atoms with Crippen LogP contribution in [-0.2, 0) is 12.8 Å². The van der Waals surface area contributed by atoms with Gasteiger partial charge in [0.2, 0.25) is 0 Å². The molecule has 0 aromatic carbocycles. The Bertz CT molecular complexity index is 347. The van der Waals surface area contributed by atoms with E-state index in [9.17, 15) is 4.79 Å².